The molecule has 0 unspecified atom stereocenters. The van der Waals surface area contributed by atoms with E-state index >= 15 is 0 Å². The van der Waals surface area contributed by atoms with E-state index in [1.807, 2.05) is 6.07 Å². The Morgan fingerprint density at radius 2 is 1.56 bits per heavy atom. The summed E-state index contributed by atoms with van der Waals surface area (Å²) in [4.78, 5) is 0. The largest absolute Gasteiger partial charge is 0.508 e. The zero-order valence-corrected chi connectivity index (χ0v) is 19.1. The number of benzene rings is 3. The highest BCUT2D eigenvalue weighted by Gasteiger charge is 2.41. The number of rotatable bonds is 5. The van der Waals surface area contributed by atoms with Gasteiger partial charge in [0.15, 0.2) is 11.5 Å². The second-order valence-corrected chi connectivity index (χ2v) is 8.45. The Kier molecular flexibility index (Phi) is 5.32. The Hall–Kier alpha value is -3.78. The van der Waals surface area contributed by atoms with Crippen molar-refractivity contribution in [1.29, 1.82) is 0 Å². The molecule has 8 heteroatoms. The number of aliphatic hydroxyl groups excluding tert-OH is 1. The Morgan fingerprint density at radius 3 is 2.18 bits per heavy atom. The summed E-state index contributed by atoms with van der Waals surface area (Å²) in [5.41, 5.74) is 4.05. The van der Waals surface area contributed by atoms with E-state index in [0.29, 0.717) is 52.2 Å². The van der Waals surface area contributed by atoms with E-state index in [0.717, 1.165) is 5.56 Å². The Morgan fingerprint density at radius 1 is 0.853 bits per heavy atom. The molecule has 1 heterocycles. The van der Waals surface area contributed by atoms with Crippen LogP contribution in [0, 0.1) is 0 Å². The SMILES string of the molecule is COc1cc(O)c2c(c1)CCc1c(O)cc3c(c1-2)O[C@@H](c1cc(OC)c(O)c(OC)c1)[C@@H]3CO. The molecule has 0 saturated heterocycles. The molecule has 1 aliphatic carbocycles. The lowest BCUT2D eigenvalue weighted by atomic mass is 9.81. The molecule has 1 aliphatic heterocycles. The van der Waals surface area contributed by atoms with E-state index in [9.17, 15) is 20.4 Å². The van der Waals surface area contributed by atoms with Gasteiger partial charge in [-0.05, 0) is 42.7 Å². The van der Waals surface area contributed by atoms with E-state index in [-0.39, 0.29) is 35.4 Å². The van der Waals surface area contributed by atoms with Crippen LogP contribution in [-0.4, -0.2) is 48.4 Å². The summed E-state index contributed by atoms with van der Waals surface area (Å²) in [5.74, 6) is 0.970. The van der Waals surface area contributed by atoms with E-state index in [2.05, 4.69) is 0 Å². The highest BCUT2D eigenvalue weighted by molar-refractivity contribution is 5.87. The topological polar surface area (TPSA) is 118 Å². The number of hydrogen-bond acceptors (Lipinski definition) is 8. The summed E-state index contributed by atoms with van der Waals surface area (Å²) >= 11 is 0. The minimum atomic E-state index is -0.639. The van der Waals surface area contributed by atoms with Crippen molar-refractivity contribution in [2.75, 3.05) is 27.9 Å². The molecule has 0 fully saturated rings. The van der Waals surface area contributed by atoms with Crippen LogP contribution in [0.3, 0.4) is 0 Å². The molecule has 4 N–H and O–H groups in total. The lowest BCUT2D eigenvalue weighted by Crippen LogP contribution is -2.13. The van der Waals surface area contributed by atoms with Gasteiger partial charge in [0.2, 0.25) is 5.75 Å². The third-order valence-corrected chi connectivity index (χ3v) is 6.73. The fourth-order valence-electron chi connectivity index (χ4n) is 5.09. The molecule has 3 aromatic rings. The fraction of sp³-hybridized carbons (Fsp3) is 0.308. The third kappa shape index (κ3) is 3.17. The average molecular weight is 466 g/mol. The average Bonchev–Trinajstić information content (AvgIpc) is 3.21. The van der Waals surface area contributed by atoms with Crippen LogP contribution in [0.4, 0.5) is 0 Å². The highest BCUT2D eigenvalue weighted by atomic mass is 16.5. The first-order chi connectivity index (χ1) is 16.4. The van der Waals surface area contributed by atoms with E-state index in [4.69, 9.17) is 18.9 Å². The maximum absolute atomic E-state index is 10.9. The van der Waals surface area contributed by atoms with Crippen molar-refractivity contribution in [2.45, 2.75) is 24.9 Å². The van der Waals surface area contributed by atoms with E-state index in [1.54, 1.807) is 25.3 Å². The molecule has 8 nitrogen and oxygen atoms in total. The van der Waals surface area contributed by atoms with Crippen molar-refractivity contribution < 1.29 is 39.4 Å². The first-order valence-electron chi connectivity index (χ1n) is 10.9. The molecule has 0 aromatic heterocycles. The summed E-state index contributed by atoms with van der Waals surface area (Å²) in [6, 6.07) is 8.32. The monoisotopic (exact) mass is 466 g/mol. The molecule has 0 saturated carbocycles. The van der Waals surface area contributed by atoms with Gasteiger partial charge >= 0.3 is 0 Å². The van der Waals surface area contributed by atoms with Crippen LogP contribution in [0.15, 0.2) is 30.3 Å². The molecule has 2 aliphatic rings. The van der Waals surface area contributed by atoms with Gasteiger partial charge in [0.05, 0.1) is 33.9 Å². The van der Waals surface area contributed by atoms with Gasteiger partial charge < -0.3 is 39.4 Å². The highest BCUT2D eigenvalue weighted by Crippen LogP contribution is 2.57. The summed E-state index contributed by atoms with van der Waals surface area (Å²) in [6.07, 6.45) is 0.547. The van der Waals surface area contributed by atoms with Gasteiger partial charge in [-0.3, -0.25) is 0 Å². The Balaban J connectivity index is 1.70. The zero-order chi connectivity index (χ0) is 24.1. The van der Waals surface area contributed by atoms with Gasteiger partial charge in [-0.1, -0.05) is 0 Å². The van der Waals surface area contributed by atoms with Crippen molar-refractivity contribution in [1.82, 2.24) is 0 Å². The van der Waals surface area contributed by atoms with Gasteiger partial charge in [0.25, 0.3) is 0 Å². The number of ether oxygens (including phenoxy) is 4. The van der Waals surface area contributed by atoms with Crippen LogP contribution < -0.4 is 18.9 Å². The maximum atomic E-state index is 10.9. The number of aryl methyl sites for hydroxylation is 1. The third-order valence-electron chi connectivity index (χ3n) is 6.73. The summed E-state index contributed by atoms with van der Waals surface area (Å²) < 4.78 is 22.4. The molecule has 3 aromatic carbocycles. The molecule has 0 spiro atoms. The predicted molar refractivity (Wildman–Crippen MR) is 124 cm³/mol. The quantitative estimate of drug-likeness (QED) is 0.449. The van der Waals surface area contributed by atoms with Gasteiger partial charge in [-0.25, -0.2) is 0 Å². The van der Waals surface area contributed by atoms with Crippen molar-refractivity contribution in [2.24, 2.45) is 0 Å². The fourth-order valence-corrected chi connectivity index (χ4v) is 5.09. The van der Waals surface area contributed by atoms with Gasteiger partial charge in [-0.15, -0.1) is 0 Å². The number of fused-ring (bicyclic) bond motifs is 5. The van der Waals surface area contributed by atoms with Crippen LogP contribution >= 0.6 is 0 Å². The number of hydrogen-bond donors (Lipinski definition) is 4. The number of phenolic OH excluding ortho intramolecular Hbond substituents is 3. The maximum Gasteiger partial charge on any atom is 0.200 e. The minimum absolute atomic E-state index is 0.0312. The molecule has 34 heavy (non-hydrogen) atoms. The molecule has 0 radical (unpaired) electrons. The minimum Gasteiger partial charge on any atom is -0.508 e. The van der Waals surface area contributed by atoms with Crippen LogP contribution in [0.2, 0.25) is 0 Å². The summed E-state index contributed by atoms with van der Waals surface area (Å²) in [6.45, 7) is -0.247. The van der Waals surface area contributed by atoms with E-state index in [1.165, 1.54) is 20.3 Å². The Labute approximate surface area is 196 Å². The second kappa shape index (κ2) is 8.22. The lowest BCUT2D eigenvalue weighted by molar-refractivity contribution is 0.159. The Bertz CT molecular complexity index is 1260. The summed E-state index contributed by atoms with van der Waals surface area (Å²) in [5, 5.41) is 42.4. The molecule has 5 rings (SSSR count). The molecular formula is C26H26O8. The smallest absolute Gasteiger partial charge is 0.200 e. The normalized spacial score (nSPS) is 17.9. The number of methoxy groups -OCH3 is 3. The van der Waals surface area contributed by atoms with Crippen molar-refractivity contribution in [3.63, 3.8) is 0 Å². The standard InChI is InChI=1S/C26H26O8/c1-31-14-6-12-4-5-15-18(28)10-16-17(11-27)25(34-26(16)23(15)22(12)19(29)9-14)13-7-20(32-2)24(30)21(8-13)33-3/h6-10,17,25,27-30H,4-5,11H2,1-3H3/t17-,25+/m1/s1. The molecule has 178 valence electrons. The molecule has 0 amide bonds. The van der Waals surface area contributed by atoms with Gasteiger partial charge in [-0.2, -0.15) is 0 Å². The number of aromatic hydroxyl groups is 3. The molecule has 0 bridgehead atoms. The summed E-state index contributed by atoms with van der Waals surface area (Å²) in [7, 11) is 4.42. The predicted octanol–water partition coefficient (Wildman–Crippen LogP) is 3.80. The lowest BCUT2D eigenvalue weighted by Gasteiger charge is -2.25. The first-order valence-corrected chi connectivity index (χ1v) is 10.9. The van der Waals surface area contributed by atoms with Crippen molar-refractivity contribution >= 4 is 0 Å². The van der Waals surface area contributed by atoms with Crippen molar-refractivity contribution in [3.8, 4) is 51.4 Å². The zero-order valence-electron chi connectivity index (χ0n) is 19.1. The number of phenols is 3. The molecular weight excluding hydrogens is 440 g/mol. The van der Waals surface area contributed by atoms with Gasteiger partial charge in [0.1, 0.15) is 29.1 Å². The number of aliphatic hydroxyl groups is 1. The molecule has 2 atom stereocenters. The van der Waals surface area contributed by atoms with E-state index < -0.39 is 12.0 Å². The first kappa shape index (κ1) is 22.0. The van der Waals surface area contributed by atoms with Crippen LogP contribution in [0.5, 0.6) is 40.2 Å². The van der Waals surface area contributed by atoms with Crippen LogP contribution in [0.1, 0.15) is 34.3 Å². The van der Waals surface area contributed by atoms with Crippen molar-refractivity contribution in [3.05, 3.63) is 52.6 Å². The second-order valence-electron chi connectivity index (χ2n) is 8.45. The van der Waals surface area contributed by atoms with Crippen LogP contribution in [0.25, 0.3) is 11.1 Å². The van der Waals surface area contributed by atoms with Crippen LogP contribution in [-0.2, 0) is 12.8 Å². The van der Waals surface area contributed by atoms with Gasteiger partial charge in [0, 0.05) is 33.9 Å².